The van der Waals surface area contributed by atoms with Gasteiger partial charge in [-0.25, -0.2) is 4.79 Å². The molecule has 1 aromatic rings. The highest BCUT2D eigenvalue weighted by molar-refractivity contribution is 5.88. The van der Waals surface area contributed by atoms with Gasteiger partial charge < -0.3 is 25.0 Å². The summed E-state index contributed by atoms with van der Waals surface area (Å²) < 4.78 is 5.43. The number of allylic oxidation sites excluding steroid dienone is 1. The highest BCUT2D eigenvalue weighted by Crippen LogP contribution is 2.23. The lowest BCUT2D eigenvalue weighted by molar-refractivity contribution is -0.138. The lowest BCUT2D eigenvalue weighted by Crippen LogP contribution is -2.46. The van der Waals surface area contributed by atoms with Gasteiger partial charge in [-0.15, -0.1) is 0 Å². The maximum Gasteiger partial charge on any atom is 0.410 e. The van der Waals surface area contributed by atoms with E-state index < -0.39 is 17.6 Å². The first-order valence-electron chi connectivity index (χ1n) is 13.0. The average Bonchev–Trinajstić information content (AvgIpc) is 2.86. The number of carboxylic acid groups (broad SMARTS) is 1. The third-order valence-corrected chi connectivity index (χ3v) is 6.70. The van der Waals surface area contributed by atoms with Crippen LogP contribution < -0.4 is 5.32 Å². The molecule has 0 spiro atoms. The summed E-state index contributed by atoms with van der Waals surface area (Å²) >= 11 is 0. The first-order chi connectivity index (χ1) is 17.5. The molecular formula is C28H39N3O6. The van der Waals surface area contributed by atoms with Crippen LogP contribution in [0.3, 0.4) is 0 Å². The molecule has 9 nitrogen and oxygen atoms in total. The Labute approximate surface area is 218 Å². The molecule has 0 aromatic heterocycles. The average molecular weight is 514 g/mol. The minimum atomic E-state index is -0.989. The molecule has 2 N–H and O–H groups in total. The highest BCUT2D eigenvalue weighted by Gasteiger charge is 2.30. The molecule has 202 valence electrons. The number of benzene rings is 1. The van der Waals surface area contributed by atoms with Crippen molar-refractivity contribution in [3.63, 3.8) is 0 Å². The van der Waals surface area contributed by atoms with Crippen molar-refractivity contribution in [2.75, 3.05) is 26.2 Å². The topological polar surface area (TPSA) is 116 Å². The molecule has 3 amide bonds. The van der Waals surface area contributed by atoms with Crippen molar-refractivity contribution in [2.24, 2.45) is 11.8 Å². The summed E-state index contributed by atoms with van der Waals surface area (Å²) in [5, 5.41) is 12.2. The number of rotatable bonds is 7. The number of likely N-dealkylation sites (tertiary alicyclic amines) is 2. The molecular weight excluding hydrogens is 474 g/mol. The predicted octanol–water partition coefficient (Wildman–Crippen LogP) is 3.76. The zero-order chi connectivity index (χ0) is 27.0. The van der Waals surface area contributed by atoms with Crippen LogP contribution in [-0.4, -0.2) is 70.6 Å². The maximum absolute atomic E-state index is 13.0. The fourth-order valence-electron chi connectivity index (χ4n) is 4.72. The predicted molar refractivity (Wildman–Crippen MR) is 139 cm³/mol. The van der Waals surface area contributed by atoms with E-state index in [0.717, 1.165) is 18.4 Å². The second-order valence-corrected chi connectivity index (χ2v) is 10.9. The van der Waals surface area contributed by atoms with Crippen molar-refractivity contribution in [1.82, 2.24) is 15.1 Å². The van der Waals surface area contributed by atoms with Crippen LogP contribution in [0.25, 0.3) is 0 Å². The van der Waals surface area contributed by atoms with Crippen molar-refractivity contribution in [3.05, 3.63) is 48.0 Å². The SMILES string of the molecule is CC(C)(C)OC(=O)N1CCC(/C=C/C(=O)N2CCC[C@@H](C(=O)NC(CC(=O)O)c3ccccc3)C2)CC1. The van der Waals surface area contributed by atoms with Crippen LogP contribution in [0.4, 0.5) is 4.79 Å². The molecule has 3 rings (SSSR count). The Morgan fingerprint density at radius 1 is 1.05 bits per heavy atom. The van der Waals surface area contributed by atoms with Crippen molar-refractivity contribution < 1.29 is 29.0 Å². The van der Waals surface area contributed by atoms with Gasteiger partial charge in [0.2, 0.25) is 11.8 Å². The summed E-state index contributed by atoms with van der Waals surface area (Å²) in [6, 6.07) is 8.44. The van der Waals surface area contributed by atoms with Gasteiger partial charge in [-0.3, -0.25) is 14.4 Å². The second-order valence-electron chi connectivity index (χ2n) is 10.9. The lowest BCUT2D eigenvalue weighted by atomic mass is 9.94. The first kappa shape index (κ1) is 28.2. The first-order valence-corrected chi connectivity index (χ1v) is 13.0. The third-order valence-electron chi connectivity index (χ3n) is 6.70. The minimum Gasteiger partial charge on any atom is -0.481 e. The molecule has 1 aromatic carbocycles. The van der Waals surface area contributed by atoms with Gasteiger partial charge in [0.1, 0.15) is 5.60 Å². The third kappa shape index (κ3) is 8.91. The number of carbonyl (C=O) groups excluding carboxylic acids is 3. The summed E-state index contributed by atoms with van der Waals surface area (Å²) in [6.07, 6.45) is 5.87. The second kappa shape index (κ2) is 12.7. The van der Waals surface area contributed by atoms with E-state index in [-0.39, 0.29) is 36.2 Å². The number of ether oxygens (including phenoxy) is 1. The zero-order valence-electron chi connectivity index (χ0n) is 22.0. The minimum absolute atomic E-state index is 0.128. The lowest BCUT2D eigenvalue weighted by Gasteiger charge is -2.33. The van der Waals surface area contributed by atoms with Crippen molar-refractivity contribution in [3.8, 4) is 0 Å². The molecule has 0 saturated carbocycles. The Morgan fingerprint density at radius 3 is 2.35 bits per heavy atom. The highest BCUT2D eigenvalue weighted by atomic mass is 16.6. The number of piperidine rings is 2. The van der Waals surface area contributed by atoms with E-state index in [1.54, 1.807) is 28.0 Å². The molecule has 2 atom stereocenters. The molecule has 9 heteroatoms. The Balaban J connectivity index is 1.50. The molecule has 2 aliphatic heterocycles. The summed E-state index contributed by atoms with van der Waals surface area (Å²) in [4.78, 5) is 52.9. The molecule has 0 radical (unpaired) electrons. The Kier molecular flexibility index (Phi) is 9.72. The molecule has 2 fully saturated rings. The van der Waals surface area contributed by atoms with Gasteiger partial charge in [0.05, 0.1) is 18.4 Å². The standard InChI is InChI=1S/C28H39N3O6/c1-28(2,3)37-27(36)30-16-13-20(14-17-30)11-12-24(32)31-15-7-10-22(19-31)26(35)29-23(18-25(33)34)21-8-5-4-6-9-21/h4-6,8-9,11-12,20,22-23H,7,10,13-19H2,1-3H3,(H,29,35)(H,33,34)/b12-11+/t22-,23?/m1/s1. The van der Waals surface area contributed by atoms with Crippen molar-refractivity contribution in [1.29, 1.82) is 0 Å². The molecule has 2 saturated heterocycles. The summed E-state index contributed by atoms with van der Waals surface area (Å²) in [5.41, 5.74) is 0.213. The quantitative estimate of drug-likeness (QED) is 0.537. The van der Waals surface area contributed by atoms with Gasteiger partial charge >= 0.3 is 12.1 Å². The number of hydrogen-bond donors (Lipinski definition) is 2. The van der Waals surface area contributed by atoms with Gasteiger partial charge in [0, 0.05) is 26.2 Å². The van der Waals surface area contributed by atoms with Crippen LogP contribution in [0.5, 0.6) is 0 Å². The van der Waals surface area contributed by atoms with Crippen LogP contribution in [0.2, 0.25) is 0 Å². The van der Waals surface area contributed by atoms with Gasteiger partial charge in [-0.05, 0) is 64.0 Å². The molecule has 2 heterocycles. The molecule has 1 unspecified atom stereocenters. The van der Waals surface area contributed by atoms with E-state index in [1.165, 1.54) is 0 Å². The number of carbonyl (C=O) groups is 4. The number of nitrogens with one attached hydrogen (secondary N) is 1. The summed E-state index contributed by atoms with van der Waals surface area (Å²) in [7, 11) is 0. The fourth-order valence-corrected chi connectivity index (χ4v) is 4.72. The molecule has 2 aliphatic rings. The zero-order valence-corrected chi connectivity index (χ0v) is 22.0. The Bertz CT molecular complexity index is 979. The van der Waals surface area contributed by atoms with Crippen LogP contribution in [-0.2, 0) is 19.1 Å². The fraction of sp³-hybridized carbons (Fsp3) is 0.571. The normalized spacial score (nSPS) is 19.9. The monoisotopic (exact) mass is 513 g/mol. The van der Waals surface area contributed by atoms with Crippen LogP contribution >= 0.6 is 0 Å². The Morgan fingerprint density at radius 2 is 1.73 bits per heavy atom. The number of nitrogens with zero attached hydrogens (tertiary/aromatic N) is 2. The number of amides is 3. The van der Waals surface area contributed by atoms with Gasteiger partial charge in [-0.1, -0.05) is 36.4 Å². The van der Waals surface area contributed by atoms with E-state index in [0.29, 0.717) is 39.0 Å². The van der Waals surface area contributed by atoms with Crippen LogP contribution in [0.15, 0.2) is 42.5 Å². The van der Waals surface area contributed by atoms with Crippen LogP contribution in [0, 0.1) is 11.8 Å². The maximum atomic E-state index is 13.0. The van der Waals surface area contributed by atoms with Gasteiger partial charge in [0.25, 0.3) is 0 Å². The largest absolute Gasteiger partial charge is 0.481 e. The van der Waals surface area contributed by atoms with E-state index in [9.17, 15) is 24.3 Å². The van der Waals surface area contributed by atoms with E-state index in [1.807, 2.05) is 45.0 Å². The summed E-state index contributed by atoms with van der Waals surface area (Å²) in [6.45, 7) is 7.60. The number of carboxylic acids is 1. The van der Waals surface area contributed by atoms with E-state index >= 15 is 0 Å². The molecule has 37 heavy (non-hydrogen) atoms. The Hall–Kier alpha value is -3.36. The number of hydrogen-bond acceptors (Lipinski definition) is 5. The summed E-state index contributed by atoms with van der Waals surface area (Å²) in [5.74, 6) is -1.53. The van der Waals surface area contributed by atoms with Crippen LogP contribution in [0.1, 0.15) is 64.5 Å². The molecule has 0 aliphatic carbocycles. The number of aliphatic carboxylic acids is 1. The van der Waals surface area contributed by atoms with E-state index in [4.69, 9.17) is 4.74 Å². The van der Waals surface area contributed by atoms with E-state index in [2.05, 4.69) is 5.32 Å². The smallest absolute Gasteiger partial charge is 0.410 e. The van der Waals surface area contributed by atoms with Gasteiger partial charge in [-0.2, -0.15) is 0 Å². The molecule has 0 bridgehead atoms. The van der Waals surface area contributed by atoms with Crippen molar-refractivity contribution in [2.45, 2.75) is 64.5 Å². The van der Waals surface area contributed by atoms with Gasteiger partial charge in [0.15, 0.2) is 0 Å². The van der Waals surface area contributed by atoms with Crippen molar-refractivity contribution >= 4 is 23.9 Å².